The molecule has 2 rings (SSSR count). The summed E-state index contributed by atoms with van der Waals surface area (Å²) in [6.45, 7) is 1.96. The largest absolute Gasteiger partial charge is 0.305 e. The highest BCUT2D eigenvalue weighted by molar-refractivity contribution is 9.10. The number of nitrogens with one attached hydrogen (secondary N) is 1. The molecule has 0 bridgehead atoms. The number of aromatic nitrogens is 3. The standard InChI is InChI=1S/C9H8BrN3OS/c1-2-5-7(10)9(14)13-8(12-5)6-3-11-4-15-6/h3-4H,2H2,1H3,(H,12,13,14). The Morgan fingerprint density at radius 1 is 1.60 bits per heavy atom. The first-order chi connectivity index (χ1) is 7.22. The summed E-state index contributed by atoms with van der Waals surface area (Å²) in [7, 11) is 0. The molecule has 78 valence electrons. The molecule has 2 aromatic heterocycles. The second-order valence-electron chi connectivity index (χ2n) is 2.89. The molecule has 0 fully saturated rings. The molecule has 2 heterocycles. The van der Waals surface area contributed by atoms with Gasteiger partial charge in [0.05, 0.1) is 16.1 Å². The Labute approximate surface area is 98.5 Å². The molecule has 6 heteroatoms. The Bertz CT molecular complexity index is 521. The third kappa shape index (κ3) is 2.00. The Morgan fingerprint density at radius 2 is 2.40 bits per heavy atom. The van der Waals surface area contributed by atoms with Gasteiger partial charge in [-0.1, -0.05) is 6.92 Å². The third-order valence-corrected chi connectivity index (χ3v) is 3.53. The molecule has 0 aromatic carbocycles. The highest BCUT2D eigenvalue weighted by atomic mass is 79.9. The monoisotopic (exact) mass is 285 g/mol. The van der Waals surface area contributed by atoms with Gasteiger partial charge in [-0.05, 0) is 22.4 Å². The lowest BCUT2D eigenvalue weighted by Gasteiger charge is -2.02. The second-order valence-corrected chi connectivity index (χ2v) is 4.57. The van der Waals surface area contributed by atoms with Gasteiger partial charge in [-0.25, -0.2) is 4.98 Å². The average molecular weight is 286 g/mol. The zero-order chi connectivity index (χ0) is 10.8. The first-order valence-corrected chi connectivity index (χ1v) is 6.07. The molecule has 0 radical (unpaired) electrons. The topological polar surface area (TPSA) is 58.6 Å². The molecular formula is C9H8BrN3OS. The van der Waals surface area contributed by atoms with Crippen LogP contribution in [-0.2, 0) is 6.42 Å². The normalized spacial score (nSPS) is 10.5. The van der Waals surface area contributed by atoms with Crippen molar-refractivity contribution in [2.75, 3.05) is 0 Å². The summed E-state index contributed by atoms with van der Waals surface area (Å²) in [5, 5.41) is 0. The van der Waals surface area contributed by atoms with Crippen LogP contribution in [0.2, 0.25) is 0 Å². The fourth-order valence-electron chi connectivity index (χ4n) is 1.19. The number of halogens is 1. The van der Waals surface area contributed by atoms with E-state index in [9.17, 15) is 4.79 Å². The highest BCUT2D eigenvalue weighted by Gasteiger charge is 2.09. The van der Waals surface area contributed by atoms with E-state index in [2.05, 4.69) is 30.9 Å². The molecule has 15 heavy (non-hydrogen) atoms. The summed E-state index contributed by atoms with van der Waals surface area (Å²) in [5.41, 5.74) is 2.33. The van der Waals surface area contributed by atoms with Crippen LogP contribution in [0.1, 0.15) is 12.6 Å². The molecule has 0 saturated carbocycles. The Balaban J connectivity index is 2.61. The van der Waals surface area contributed by atoms with Gasteiger partial charge in [0.25, 0.3) is 5.56 Å². The fourth-order valence-corrected chi connectivity index (χ4v) is 2.22. The maximum Gasteiger partial charge on any atom is 0.265 e. The predicted molar refractivity (Wildman–Crippen MR) is 63.0 cm³/mol. The summed E-state index contributed by atoms with van der Waals surface area (Å²) >= 11 is 4.67. The minimum Gasteiger partial charge on any atom is -0.305 e. The number of hydrogen-bond acceptors (Lipinski definition) is 4. The lowest BCUT2D eigenvalue weighted by molar-refractivity contribution is 0.972. The van der Waals surface area contributed by atoms with Crippen molar-refractivity contribution in [3.05, 3.63) is 32.2 Å². The van der Waals surface area contributed by atoms with Crippen molar-refractivity contribution in [2.45, 2.75) is 13.3 Å². The molecule has 0 aliphatic carbocycles. The van der Waals surface area contributed by atoms with Crippen LogP contribution in [0.4, 0.5) is 0 Å². The zero-order valence-electron chi connectivity index (χ0n) is 7.95. The maximum atomic E-state index is 11.6. The Morgan fingerprint density at radius 3 is 3.00 bits per heavy atom. The number of rotatable bonds is 2. The van der Waals surface area contributed by atoms with Crippen molar-refractivity contribution in [3.63, 3.8) is 0 Å². The quantitative estimate of drug-likeness (QED) is 0.920. The number of aryl methyl sites for hydroxylation is 1. The fraction of sp³-hybridized carbons (Fsp3) is 0.222. The molecule has 0 unspecified atom stereocenters. The Kier molecular flexibility index (Phi) is 2.97. The van der Waals surface area contributed by atoms with Crippen LogP contribution in [0.5, 0.6) is 0 Å². The van der Waals surface area contributed by atoms with E-state index in [1.165, 1.54) is 11.3 Å². The average Bonchev–Trinajstić information content (AvgIpc) is 2.75. The van der Waals surface area contributed by atoms with Gasteiger partial charge in [0.2, 0.25) is 0 Å². The van der Waals surface area contributed by atoms with E-state index in [4.69, 9.17) is 0 Å². The van der Waals surface area contributed by atoms with E-state index in [0.717, 1.165) is 17.0 Å². The van der Waals surface area contributed by atoms with E-state index in [-0.39, 0.29) is 5.56 Å². The summed E-state index contributed by atoms with van der Waals surface area (Å²) in [6.07, 6.45) is 2.41. The van der Waals surface area contributed by atoms with Crippen LogP contribution in [-0.4, -0.2) is 15.0 Å². The maximum absolute atomic E-state index is 11.6. The molecule has 0 aliphatic heterocycles. The van der Waals surface area contributed by atoms with Crippen LogP contribution >= 0.6 is 27.3 Å². The molecule has 0 aliphatic rings. The van der Waals surface area contributed by atoms with Gasteiger partial charge >= 0.3 is 0 Å². The minimum atomic E-state index is -0.148. The van der Waals surface area contributed by atoms with Gasteiger partial charge in [-0.2, -0.15) is 0 Å². The molecule has 0 atom stereocenters. The lowest BCUT2D eigenvalue weighted by Crippen LogP contribution is -2.12. The molecule has 4 nitrogen and oxygen atoms in total. The summed E-state index contributed by atoms with van der Waals surface area (Å²) in [4.78, 5) is 23.4. The number of H-pyrrole nitrogens is 1. The lowest BCUT2D eigenvalue weighted by atomic mass is 10.3. The van der Waals surface area contributed by atoms with Crippen molar-refractivity contribution < 1.29 is 0 Å². The van der Waals surface area contributed by atoms with Crippen molar-refractivity contribution in [3.8, 4) is 10.7 Å². The SMILES string of the molecule is CCc1nc(-c2cncs2)[nH]c(=O)c1Br. The number of thiazole rings is 1. The predicted octanol–water partition coefficient (Wildman–Crippen LogP) is 2.22. The van der Waals surface area contributed by atoms with Crippen LogP contribution in [0.15, 0.2) is 21.0 Å². The third-order valence-electron chi connectivity index (χ3n) is 1.93. The summed E-state index contributed by atoms with van der Waals surface area (Å²) in [5.74, 6) is 0.586. The number of aromatic amines is 1. The first-order valence-electron chi connectivity index (χ1n) is 4.40. The van der Waals surface area contributed by atoms with E-state index in [1.807, 2.05) is 6.92 Å². The molecular weight excluding hydrogens is 278 g/mol. The molecule has 0 saturated heterocycles. The van der Waals surface area contributed by atoms with Crippen molar-refractivity contribution in [2.24, 2.45) is 0 Å². The molecule has 0 spiro atoms. The van der Waals surface area contributed by atoms with Crippen LogP contribution in [0.3, 0.4) is 0 Å². The Hall–Kier alpha value is -1.01. The van der Waals surface area contributed by atoms with E-state index in [1.54, 1.807) is 11.7 Å². The zero-order valence-corrected chi connectivity index (χ0v) is 10.4. The minimum absolute atomic E-state index is 0.148. The van der Waals surface area contributed by atoms with Crippen LogP contribution in [0.25, 0.3) is 10.7 Å². The highest BCUT2D eigenvalue weighted by Crippen LogP contribution is 2.20. The summed E-state index contributed by atoms with van der Waals surface area (Å²) in [6, 6.07) is 0. The van der Waals surface area contributed by atoms with E-state index < -0.39 is 0 Å². The van der Waals surface area contributed by atoms with E-state index in [0.29, 0.717) is 10.3 Å². The van der Waals surface area contributed by atoms with Crippen molar-refractivity contribution in [1.82, 2.24) is 15.0 Å². The number of hydrogen-bond donors (Lipinski definition) is 1. The molecule has 2 aromatic rings. The van der Waals surface area contributed by atoms with Gasteiger partial charge in [0.15, 0.2) is 5.82 Å². The van der Waals surface area contributed by atoms with Gasteiger partial charge in [0.1, 0.15) is 4.47 Å². The smallest absolute Gasteiger partial charge is 0.265 e. The van der Waals surface area contributed by atoms with Gasteiger partial charge in [-0.15, -0.1) is 11.3 Å². The number of nitrogens with zero attached hydrogens (tertiary/aromatic N) is 2. The first kappa shape index (κ1) is 10.5. The summed E-state index contributed by atoms with van der Waals surface area (Å²) < 4.78 is 0.512. The van der Waals surface area contributed by atoms with Gasteiger partial charge < -0.3 is 4.98 Å². The van der Waals surface area contributed by atoms with Crippen LogP contribution in [0, 0.1) is 0 Å². The van der Waals surface area contributed by atoms with Crippen molar-refractivity contribution >= 4 is 27.3 Å². The van der Waals surface area contributed by atoms with Crippen molar-refractivity contribution in [1.29, 1.82) is 0 Å². The van der Waals surface area contributed by atoms with Gasteiger partial charge in [0, 0.05) is 6.20 Å². The van der Waals surface area contributed by atoms with Crippen LogP contribution < -0.4 is 5.56 Å². The van der Waals surface area contributed by atoms with Gasteiger partial charge in [-0.3, -0.25) is 9.78 Å². The molecule has 0 amide bonds. The second kappa shape index (κ2) is 4.24. The van der Waals surface area contributed by atoms with E-state index >= 15 is 0 Å². The molecule has 1 N–H and O–H groups in total.